The lowest BCUT2D eigenvalue weighted by Gasteiger charge is -2.32. The zero-order valence-electron chi connectivity index (χ0n) is 12.1. The fourth-order valence-corrected chi connectivity index (χ4v) is 4.72. The van der Waals surface area contributed by atoms with Gasteiger partial charge in [-0.2, -0.15) is 17.4 Å². The molecule has 6 heteroatoms. The van der Waals surface area contributed by atoms with Crippen LogP contribution in [0.25, 0.3) is 0 Å². The molecule has 1 saturated heterocycles. The quantitative estimate of drug-likeness (QED) is 0.792. The molecular weight excluding hydrogens is 262 g/mol. The van der Waals surface area contributed by atoms with E-state index >= 15 is 0 Å². The molecule has 0 aromatic heterocycles. The van der Waals surface area contributed by atoms with Crippen molar-refractivity contribution in [3.8, 4) is 0 Å². The van der Waals surface area contributed by atoms with E-state index in [2.05, 4.69) is 17.0 Å². The van der Waals surface area contributed by atoms with E-state index in [1.807, 2.05) is 7.05 Å². The van der Waals surface area contributed by atoms with Crippen molar-refractivity contribution in [3.05, 3.63) is 0 Å². The Bertz CT molecular complexity index is 377. The van der Waals surface area contributed by atoms with Gasteiger partial charge < -0.3 is 5.32 Å². The van der Waals surface area contributed by atoms with Gasteiger partial charge in [-0.15, -0.1) is 0 Å². The SMILES string of the molecule is CNCC1CCN(S(=O)(=O)NC2CCC(C)C2)CC1. The van der Waals surface area contributed by atoms with Gasteiger partial charge in [0.05, 0.1) is 0 Å². The van der Waals surface area contributed by atoms with Crippen LogP contribution in [-0.4, -0.2) is 45.4 Å². The third kappa shape index (κ3) is 4.15. The maximum absolute atomic E-state index is 12.3. The Balaban J connectivity index is 1.83. The first-order chi connectivity index (χ1) is 9.01. The number of rotatable bonds is 5. The molecule has 5 nitrogen and oxygen atoms in total. The van der Waals surface area contributed by atoms with Crippen molar-refractivity contribution >= 4 is 10.2 Å². The maximum atomic E-state index is 12.3. The molecule has 112 valence electrons. The van der Waals surface area contributed by atoms with Gasteiger partial charge in [0, 0.05) is 19.1 Å². The molecule has 2 aliphatic rings. The lowest BCUT2D eigenvalue weighted by Crippen LogP contribution is -2.48. The smallest absolute Gasteiger partial charge is 0.279 e. The standard InChI is InChI=1S/C13H27N3O2S/c1-11-3-4-13(9-11)15-19(17,18)16-7-5-12(6-8-16)10-14-2/h11-15H,3-10H2,1-2H3. The second-order valence-electron chi connectivity index (χ2n) is 6.14. The highest BCUT2D eigenvalue weighted by atomic mass is 32.2. The Kier molecular flexibility index (Phi) is 5.22. The van der Waals surface area contributed by atoms with Gasteiger partial charge in [0.15, 0.2) is 0 Å². The Morgan fingerprint density at radius 3 is 2.37 bits per heavy atom. The Hall–Kier alpha value is -0.170. The summed E-state index contributed by atoms with van der Waals surface area (Å²) >= 11 is 0. The van der Waals surface area contributed by atoms with Gasteiger partial charge in [-0.25, -0.2) is 0 Å². The van der Waals surface area contributed by atoms with Crippen molar-refractivity contribution in [1.29, 1.82) is 0 Å². The van der Waals surface area contributed by atoms with Crippen molar-refractivity contribution in [1.82, 2.24) is 14.3 Å². The average Bonchev–Trinajstić information content (AvgIpc) is 2.75. The number of hydrogen-bond acceptors (Lipinski definition) is 3. The van der Waals surface area contributed by atoms with Gasteiger partial charge in [-0.05, 0) is 57.5 Å². The molecule has 1 aliphatic carbocycles. The molecule has 0 aromatic rings. The highest BCUT2D eigenvalue weighted by molar-refractivity contribution is 7.87. The molecule has 0 aromatic carbocycles. The van der Waals surface area contributed by atoms with E-state index < -0.39 is 10.2 Å². The summed E-state index contributed by atoms with van der Waals surface area (Å²) in [6.45, 7) is 4.49. The van der Waals surface area contributed by atoms with Gasteiger partial charge in [0.1, 0.15) is 0 Å². The third-order valence-electron chi connectivity index (χ3n) is 4.42. The second-order valence-corrected chi connectivity index (χ2v) is 7.84. The monoisotopic (exact) mass is 289 g/mol. The lowest BCUT2D eigenvalue weighted by molar-refractivity contribution is 0.267. The van der Waals surface area contributed by atoms with Crippen molar-refractivity contribution in [2.45, 2.75) is 45.1 Å². The zero-order valence-corrected chi connectivity index (χ0v) is 12.9. The number of piperidine rings is 1. The minimum Gasteiger partial charge on any atom is -0.319 e. The van der Waals surface area contributed by atoms with E-state index in [9.17, 15) is 8.42 Å². The summed E-state index contributed by atoms with van der Waals surface area (Å²) < 4.78 is 29.1. The summed E-state index contributed by atoms with van der Waals surface area (Å²) in [6.07, 6.45) is 5.02. The Labute approximate surface area is 117 Å². The minimum absolute atomic E-state index is 0.148. The van der Waals surface area contributed by atoms with Crippen molar-refractivity contribution in [2.24, 2.45) is 11.8 Å². The molecule has 1 aliphatic heterocycles. The van der Waals surface area contributed by atoms with Crippen LogP contribution in [0.3, 0.4) is 0 Å². The first-order valence-electron chi connectivity index (χ1n) is 7.43. The van der Waals surface area contributed by atoms with E-state index in [1.54, 1.807) is 4.31 Å². The molecule has 2 rings (SSSR count). The molecule has 2 fully saturated rings. The molecule has 0 radical (unpaired) electrons. The molecule has 2 unspecified atom stereocenters. The second kappa shape index (κ2) is 6.52. The van der Waals surface area contributed by atoms with Crippen molar-refractivity contribution < 1.29 is 8.42 Å². The maximum Gasteiger partial charge on any atom is 0.279 e. The molecule has 2 N–H and O–H groups in total. The summed E-state index contributed by atoms with van der Waals surface area (Å²) in [7, 11) is -1.32. The zero-order chi connectivity index (χ0) is 13.9. The van der Waals surface area contributed by atoms with E-state index in [4.69, 9.17) is 0 Å². The topological polar surface area (TPSA) is 61.4 Å². The van der Waals surface area contributed by atoms with E-state index in [1.165, 1.54) is 0 Å². The summed E-state index contributed by atoms with van der Waals surface area (Å²) in [5, 5.41) is 3.17. The minimum atomic E-state index is -3.27. The van der Waals surface area contributed by atoms with Crippen LogP contribution < -0.4 is 10.0 Å². The van der Waals surface area contributed by atoms with Gasteiger partial charge in [0.2, 0.25) is 0 Å². The molecule has 0 bridgehead atoms. The van der Waals surface area contributed by atoms with E-state index in [-0.39, 0.29) is 6.04 Å². The first-order valence-corrected chi connectivity index (χ1v) is 8.87. The molecule has 1 heterocycles. The Morgan fingerprint density at radius 2 is 1.84 bits per heavy atom. The molecule has 2 atom stereocenters. The molecule has 0 amide bonds. The summed E-state index contributed by atoms with van der Waals surface area (Å²) in [5.41, 5.74) is 0. The predicted molar refractivity (Wildman–Crippen MR) is 77.1 cm³/mol. The Morgan fingerprint density at radius 1 is 1.16 bits per heavy atom. The molecule has 0 spiro atoms. The van der Waals surface area contributed by atoms with Crippen molar-refractivity contribution in [3.63, 3.8) is 0 Å². The van der Waals surface area contributed by atoms with Crippen LogP contribution in [-0.2, 0) is 10.2 Å². The van der Waals surface area contributed by atoms with Crippen LogP contribution in [0, 0.1) is 11.8 Å². The highest BCUT2D eigenvalue weighted by Gasteiger charge is 2.31. The fourth-order valence-electron chi connectivity index (χ4n) is 3.24. The number of nitrogens with zero attached hydrogens (tertiary/aromatic N) is 1. The molecule has 1 saturated carbocycles. The van der Waals surface area contributed by atoms with Crippen molar-refractivity contribution in [2.75, 3.05) is 26.7 Å². The number of hydrogen-bond donors (Lipinski definition) is 2. The molecular formula is C13H27N3O2S. The van der Waals surface area contributed by atoms with Crippen LogP contribution in [0.4, 0.5) is 0 Å². The lowest BCUT2D eigenvalue weighted by atomic mass is 9.98. The van der Waals surface area contributed by atoms with Gasteiger partial charge >= 0.3 is 0 Å². The van der Waals surface area contributed by atoms with Crippen LogP contribution in [0.15, 0.2) is 0 Å². The van der Waals surface area contributed by atoms with Crippen LogP contribution in [0.5, 0.6) is 0 Å². The first kappa shape index (κ1) is 15.2. The summed E-state index contributed by atoms with van der Waals surface area (Å²) in [6, 6.07) is 0.148. The largest absolute Gasteiger partial charge is 0.319 e. The summed E-state index contributed by atoms with van der Waals surface area (Å²) in [4.78, 5) is 0. The summed E-state index contributed by atoms with van der Waals surface area (Å²) in [5.74, 6) is 1.26. The highest BCUT2D eigenvalue weighted by Crippen LogP contribution is 2.26. The van der Waals surface area contributed by atoms with Crippen LogP contribution in [0.2, 0.25) is 0 Å². The van der Waals surface area contributed by atoms with Gasteiger partial charge in [-0.1, -0.05) is 6.92 Å². The normalized spacial score (nSPS) is 30.8. The van der Waals surface area contributed by atoms with Gasteiger partial charge in [0.25, 0.3) is 10.2 Å². The number of nitrogens with one attached hydrogen (secondary N) is 2. The molecule has 19 heavy (non-hydrogen) atoms. The third-order valence-corrected chi connectivity index (χ3v) is 6.09. The van der Waals surface area contributed by atoms with E-state index in [0.29, 0.717) is 24.9 Å². The fraction of sp³-hybridized carbons (Fsp3) is 1.00. The van der Waals surface area contributed by atoms with Crippen LogP contribution in [0.1, 0.15) is 39.0 Å². The van der Waals surface area contributed by atoms with Gasteiger partial charge in [-0.3, -0.25) is 0 Å². The predicted octanol–water partition coefficient (Wildman–Crippen LogP) is 0.941. The average molecular weight is 289 g/mol. The van der Waals surface area contributed by atoms with Crippen LogP contribution >= 0.6 is 0 Å². The van der Waals surface area contributed by atoms with E-state index in [0.717, 1.165) is 38.6 Å².